The summed E-state index contributed by atoms with van der Waals surface area (Å²) in [6, 6.07) is 4.07. The molecule has 0 spiro atoms. The number of hydrogen-bond acceptors (Lipinski definition) is 3. The lowest BCUT2D eigenvalue weighted by molar-refractivity contribution is 0.443. The standard InChI is InChI=1S/C12H14ClFN2O2S/c13-10-2-1-3-11(12(10)14)19(17,18)16-6-8-4-15-5-9(8)7-16/h1-3,8-9,15H,4-7H2/t8-,9+. The number of fused-ring (bicyclic) bond motifs is 1. The van der Waals surface area contributed by atoms with Crippen LogP contribution in [-0.2, 0) is 10.0 Å². The zero-order valence-corrected chi connectivity index (χ0v) is 11.7. The number of nitrogens with zero attached hydrogens (tertiary/aromatic N) is 1. The SMILES string of the molecule is O=S(=O)(c1cccc(Cl)c1F)N1C[C@H]2CNC[C@H]2C1. The molecule has 0 amide bonds. The van der Waals surface area contributed by atoms with E-state index in [9.17, 15) is 12.8 Å². The molecule has 0 radical (unpaired) electrons. The van der Waals surface area contributed by atoms with Gasteiger partial charge in [0.25, 0.3) is 0 Å². The Morgan fingerprint density at radius 3 is 2.53 bits per heavy atom. The number of benzene rings is 1. The van der Waals surface area contributed by atoms with Gasteiger partial charge in [0.15, 0.2) is 5.82 Å². The van der Waals surface area contributed by atoms with Crippen molar-refractivity contribution in [2.45, 2.75) is 4.90 Å². The minimum absolute atomic E-state index is 0.165. The van der Waals surface area contributed by atoms with Gasteiger partial charge in [0.2, 0.25) is 10.0 Å². The Hall–Kier alpha value is -0.690. The summed E-state index contributed by atoms with van der Waals surface area (Å²) in [6.07, 6.45) is 0. The topological polar surface area (TPSA) is 49.4 Å². The highest BCUT2D eigenvalue weighted by molar-refractivity contribution is 7.89. The molecule has 104 valence electrons. The molecule has 0 aromatic heterocycles. The molecule has 2 aliphatic heterocycles. The first-order valence-corrected chi connectivity index (χ1v) is 7.97. The maximum absolute atomic E-state index is 13.9. The lowest BCUT2D eigenvalue weighted by atomic mass is 10.0. The first-order chi connectivity index (χ1) is 9.00. The van der Waals surface area contributed by atoms with E-state index in [1.807, 2.05) is 0 Å². The van der Waals surface area contributed by atoms with Crippen molar-refractivity contribution in [2.24, 2.45) is 11.8 Å². The maximum atomic E-state index is 13.9. The molecule has 2 aliphatic rings. The molecule has 1 N–H and O–H groups in total. The van der Waals surface area contributed by atoms with E-state index in [-0.39, 0.29) is 9.92 Å². The maximum Gasteiger partial charge on any atom is 0.246 e. The van der Waals surface area contributed by atoms with Gasteiger partial charge in [0.05, 0.1) is 5.02 Å². The normalized spacial score (nSPS) is 27.7. The second-order valence-corrected chi connectivity index (χ2v) is 7.37. The van der Waals surface area contributed by atoms with E-state index >= 15 is 0 Å². The molecule has 2 heterocycles. The lowest BCUT2D eigenvalue weighted by Crippen LogP contribution is -2.32. The van der Waals surface area contributed by atoms with Gasteiger partial charge >= 0.3 is 0 Å². The molecule has 2 atom stereocenters. The Labute approximate surface area is 116 Å². The summed E-state index contributed by atoms with van der Waals surface area (Å²) in [7, 11) is -3.79. The monoisotopic (exact) mass is 304 g/mol. The van der Waals surface area contributed by atoms with Crippen LogP contribution in [0.3, 0.4) is 0 Å². The first-order valence-electron chi connectivity index (χ1n) is 6.15. The van der Waals surface area contributed by atoms with Crippen molar-refractivity contribution in [1.82, 2.24) is 9.62 Å². The Balaban J connectivity index is 1.93. The summed E-state index contributed by atoms with van der Waals surface area (Å²) in [5, 5.41) is 3.08. The molecular formula is C12H14ClFN2O2S. The van der Waals surface area contributed by atoms with E-state index in [4.69, 9.17) is 11.6 Å². The molecule has 2 saturated heterocycles. The highest BCUT2D eigenvalue weighted by atomic mass is 35.5. The lowest BCUT2D eigenvalue weighted by Gasteiger charge is -2.18. The summed E-state index contributed by atoms with van der Waals surface area (Å²) < 4.78 is 40.2. The van der Waals surface area contributed by atoms with Crippen molar-refractivity contribution in [3.8, 4) is 0 Å². The zero-order chi connectivity index (χ0) is 13.6. The Morgan fingerprint density at radius 1 is 1.26 bits per heavy atom. The third-order valence-corrected chi connectivity index (χ3v) is 6.03. The van der Waals surface area contributed by atoms with Gasteiger partial charge < -0.3 is 5.32 Å². The highest BCUT2D eigenvalue weighted by Crippen LogP contribution is 2.32. The fraction of sp³-hybridized carbons (Fsp3) is 0.500. The highest BCUT2D eigenvalue weighted by Gasteiger charge is 2.42. The average molecular weight is 305 g/mol. The third-order valence-electron chi connectivity index (χ3n) is 3.89. The Kier molecular flexibility index (Phi) is 3.29. The van der Waals surface area contributed by atoms with Crippen LogP contribution in [0.1, 0.15) is 0 Å². The molecule has 0 aliphatic carbocycles. The van der Waals surface area contributed by atoms with Crippen LogP contribution in [0.4, 0.5) is 4.39 Å². The fourth-order valence-corrected chi connectivity index (χ4v) is 4.70. The summed E-state index contributed by atoms with van der Waals surface area (Å²) in [6.45, 7) is 2.56. The summed E-state index contributed by atoms with van der Waals surface area (Å²) in [5.41, 5.74) is 0. The Bertz CT molecular complexity index is 596. The number of halogens is 2. The van der Waals surface area contributed by atoms with E-state index in [1.54, 1.807) is 0 Å². The van der Waals surface area contributed by atoms with Gasteiger partial charge in [-0.3, -0.25) is 0 Å². The number of rotatable bonds is 2. The molecule has 1 aromatic rings. The number of hydrogen-bond donors (Lipinski definition) is 1. The van der Waals surface area contributed by atoms with Crippen molar-refractivity contribution < 1.29 is 12.8 Å². The molecule has 3 rings (SSSR count). The van der Waals surface area contributed by atoms with E-state index in [0.717, 1.165) is 13.1 Å². The van der Waals surface area contributed by atoms with Crippen molar-refractivity contribution in [2.75, 3.05) is 26.2 Å². The molecule has 19 heavy (non-hydrogen) atoms. The molecule has 0 saturated carbocycles. The van der Waals surface area contributed by atoms with E-state index in [2.05, 4.69) is 5.32 Å². The van der Waals surface area contributed by atoms with Crippen LogP contribution >= 0.6 is 11.6 Å². The molecule has 2 fully saturated rings. The third kappa shape index (κ3) is 2.16. The van der Waals surface area contributed by atoms with Gasteiger partial charge in [0, 0.05) is 13.1 Å². The Morgan fingerprint density at radius 2 is 1.89 bits per heavy atom. The van der Waals surface area contributed by atoms with E-state index in [1.165, 1.54) is 22.5 Å². The van der Waals surface area contributed by atoms with Crippen LogP contribution in [0.2, 0.25) is 5.02 Å². The van der Waals surface area contributed by atoms with Gasteiger partial charge in [-0.1, -0.05) is 17.7 Å². The van der Waals surface area contributed by atoms with Gasteiger partial charge in [-0.25, -0.2) is 12.8 Å². The first kappa shape index (κ1) is 13.3. The van der Waals surface area contributed by atoms with Crippen molar-refractivity contribution in [3.63, 3.8) is 0 Å². The van der Waals surface area contributed by atoms with Crippen LogP contribution in [0.5, 0.6) is 0 Å². The second-order valence-electron chi connectivity index (χ2n) is 5.05. The van der Waals surface area contributed by atoms with Gasteiger partial charge in [-0.2, -0.15) is 4.31 Å². The van der Waals surface area contributed by atoms with Crippen LogP contribution in [0, 0.1) is 17.7 Å². The van der Waals surface area contributed by atoms with Crippen LogP contribution < -0.4 is 5.32 Å². The second kappa shape index (κ2) is 4.70. The largest absolute Gasteiger partial charge is 0.316 e. The smallest absolute Gasteiger partial charge is 0.246 e. The fourth-order valence-electron chi connectivity index (χ4n) is 2.83. The van der Waals surface area contributed by atoms with Gasteiger partial charge in [-0.15, -0.1) is 0 Å². The minimum Gasteiger partial charge on any atom is -0.316 e. The predicted octanol–water partition coefficient (Wildman–Crippen LogP) is 1.32. The van der Waals surface area contributed by atoms with E-state index in [0.29, 0.717) is 24.9 Å². The molecule has 4 nitrogen and oxygen atoms in total. The van der Waals surface area contributed by atoms with Crippen LogP contribution in [0.15, 0.2) is 23.1 Å². The van der Waals surface area contributed by atoms with Crippen LogP contribution in [-0.4, -0.2) is 38.9 Å². The van der Waals surface area contributed by atoms with Crippen molar-refractivity contribution in [3.05, 3.63) is 29.0 Å². The van der Waals surface area contributed by atoms with Gasteiger partial charge in [-0.05, 0) is 37.1 Å². The molecule has 1 aromatic carbocycles. The summed E-state index contributed by atoms with van der Waals surface area (Å²) >= 11 is 5.65. The zero-order valence-electron chi connectivity index (χ0n) is 10.1. The summed E-state index contributed by atoms with van der Waals surface area (Å²) in [5.74, 6) is -0.201. The molecular weight excluding hydrogens is 291 g/mol. The van der Waals surface area contributed by atoms with E-state index < -0.39 is 15.8 Å². The predicted molar refractivity (Wildman–Crippen MR) is 70.0 cm³/mol. The molecule has 7 heteroatoms. The molecule has 0 bridgehead atoms. The minimum atomic E-state index is -3.79. The van der Waals surface area contributed by atoms with Crippen molar-refractivity contribution >= 4 is 21.6 Å². The average Bonchev–Trinajstić information content (AvgIpc) is 2.92. The van der Waals surface area contributed by atoms with Crippen LogP contribution in [0.25, 0.3) is 0 Å². The quantitative estimate of drug-likeness (QED) is 0.896. The van der Waals surface area contributed by atoms with Gasteiger partial charge in [0.1, 0.15) is 4.90 Å². The summed E-state index contributed by atoms with van der Waals surface area (Å²) in [4.78, 5) is -0.326. The van der Waals surface area contributed by atoms with Crippen molar-refractivity contribution in [1.29, 1.82) is 0 Å². The number of sulfonamides is 1. The number of nitrogens with one attached hydrogen (secondary N) is 1. The molecule has 0 unspecified atom stereocenters.